The number of benzene rings is 1. The van der Waals surface area contributed by atoms with Gasteiger partial charge in [0.05, 0.1) is 17.5 Å². The van der Waals surface area contributed by atoms with Crippen molar-refractivity contribution >= 4 is 23.7 Å². The van der Waals surface area contributed by atoms with Gasteiger partial charge in [0.2, 0.25) is 0 Å². The van der Waals surface area contributed by atoms with Crippen LogP contribution < -0.4 is 0 Å². The predicted octanol–water partition coefficient (Wildman–Crippen LogP) is 2.10. The quantitative estimate of drug-likeness (QED) is 0.446. The highest BCUT2D eigenvalue weighted by atomic mass is 35.5. The Morgan fingerprint density at radius 1 is 1.60 bits per heavy atom. The van der Waals surface area contributed by atoms with Gasteiger partial charge in [-0.2, -0.15) is 5.26 Å². The molecule has 1 rings (SSSR count). The number of Topliss-reactive ketones (excluding diaryl/α,β-unsaturated/α-hetero) is 1. The van der Waals surface area contributed by atoms with Crippen molar-refractivity contribution in [2.75, 3.05) is 5.88 Å². The van der Waals surface area contributed by atoms with Crippen LogP contribution in [0.15, 0.2) is 12.1 Å². The second kappa shape index (κ2) is 4.72. The first kappa shape index (κ1) is 11.4. The molecule has 0 amide bonds. The summed E-state index contributed by atoms with van der Waals surface area (Å²) in [5.41, 5.74) is 1.54. The van der Waals surface area contributed by atoms with Gasteiger partial charge >= 0.3 is 0 Å². The SMILES string of the molecule is Cc1c(C#N)cc(C=O)cc1C(=O)CCl. The zero-order valence-electron chi connectivity index (χ0n) is 8.08. The number of hydrogen-bond acceptors (Lipinski definition) is 3. The second-order valence-electron chi connectivity index (χ2n) is 3.03. The number of alkyl halides is 1. The minimum absolute atomic E-state index is 0.159. The monoisotopic (exact) mass is 221 g/mol. The fraction of sp³-hybridized carbons (Fsp3) is 0.182. The van der Waals surface area contributed by atoms with E-state index in [2.05, 4.69) is 0 Å². The van der Waals surface area contributed by atoms with E-state index in [1.54, 1.807) is 6.92 Å². The van der Waals surface area contributed by atoms with Crippen molar-refractivity contribution in [2.45, 2.75) is 6.92 Å². The maximum Gasteiger partial charge on any atom is 0.177 e. The van der Waals surface area contributed by atoms with Crippen molar-refractivity contribution in [3.8, 4) is 6.07 Å². The number of halogens is 1. The molecule has 0 saturated heterocycles. The van der Waals surface area contributed by atoms with Crippen LogP contribution in [0.1, 0.15) is 31.8 Å². The van der Waals surface area contributed by atoms with Crippen molar-refractivity contribution < 1.29 is 9.59 Å². The number of nitrogens with zero attached hydrogens (tertiary/aromatic N) is 1. The summed E-state index contributed by atoms with van der Waals surface area (Å²) >= 11 is 5.43. The Kier molecular flexibility index (Phi) is 3.59. The summed E-state index contributed by atoms with van der Waals surface area (Å²) < 4.78 is 0. The third-order valence-corrected chi connectivity index (χ3v) is 2.35. The fourth-order valence-corrected chi connectivity index (χ4v) is 1.43. The van der Waals surface area contributed by atoms with Gasteiger partial charge in [-0.05, 0) is 24.6 Å². The van der Waals surface area contributed by atoms with Crippen LogP contribution in [-0.4, -0.2) is 17.9 Å². The highest BCUT2D eigenvalue weighted by Crippen LogP contribution is 2.16. The molecule has 76 valence electrons. The van der Waals surface area contributed by atoms with Gasteiger partial charge in [0, 0.05) is 11.1 Å². The van der Waals surface area contributed by atoms with E-state index in [0.717, 1.165) is 0 Å². The van der Waals surface area contributed by atoms with Gasteiger partial charge in [-0.1, -0.05) is 0 Å². The first-order valence-corrected chi connectivity index (χ1v) is 4.76. The van der Waals surface area contributed by atoms with Crippen LogP contribution in [0.4, 0.5) is 0 Å². The Labute approximate surface area is 92.3 Å². The van der Waals surface area contributed by atoms with E-state index in [1.165, 1.54) is 12.1 Å². The smallest absolute Gasteiger partial charge is 0.177 e. The van der Waals surface area contributed by atoms with E-state index in [4.69, 9.17) is 16.9 Å². The van der Waals surface area contributed by atoms with Gasteiger partial charge in [-0.25, -0.2) is 0 Å². The molecular weight excluding hydrogens is 214 g/mol. The molecule has 0 unspecified atom stereocenters. The highest BCUT2D eigenvalue weighted by Gasteiger charge is 2.12. The highest BCUT2D eigenvalue weighted by molar-refractivity contribution is 6.30. The minimum Gasteiger partial charge on any atom is -0.298 e. The molecule has 1 aromatic rings. The van der Waals surface area contributed by atoms with Crippen molar-refractivity contribution in [1.29, 1.82) is 5.26 Å². The first-order valence-electron chi connectivity index (χ1n) is 4.23. The Balaban J connectivity index is 3.45. The van der Waals surface area contributed by atoms with Gasteiger partial charge in [-0.3, -0.25) is 9.59 Å². The maximum absolute atomic E-state index is 11.4. The van der Waals surface area contributed by atoms with Crippen molar-refractivity contribution in [3.05, 3.63) is 34.4 Å². The summed E-state index contributed by atoms with van der Waals surface area (Å²) in [5.74, 6) is -0.442. The zero-order chi connectivity index (χ0) is 11.4. The number of aldehydes is 1. The summed E-state index contributed by atoms with van der Waals surface area (Å²) in [5, 5.41) is 8.81. The molecule has 0 heterocycles. The van der Waals surface area contributed by atoms with Crippen LogP contribution in [0, 0.1) is 18.3 Å². The van der Waals surface area contributed by atoms with Crippen LogP contribution >= 0.6 is 11.6 Å². The molecule has 0 aromatic heterocycles. The third-order valence-electron chi connectivity index (χ3n) is 2.11. The van der Waals surface area contributed by atoms with Crippen molar-refractivity contribution in [3.63, 3.8) is 0 Å². The van der Waals surface area contributed by atoms with E-state index in [1.807, 2.05) is 6.07 Å². The van der Waals surface area contributed by atoms with Crippen LogP contribution in [0.3, 0.4) is 0 Å². The molecule has 4 heteroatoms. The largest absolute Gasteiger partial charge is 0.298 e. The summed E-state index contributed by atoms with van der Waals surface area (Å²) in [6.45, 7) is 1.66. The Hall–Kier alpha value is -1.66. The van der Waals surface area contributed by atoms with Gasteiger partial charge < -0.3 is 0 Å². The predicted molar refractivity (Wildman–Crippen MR) is 56.3 cm³/mol. The standard InChI is InChI=1S/C11H8ClNO2/c1-7-9(5-13)2-8(6-14)3-10(7)11(15)4-12/h2-3,6H,4H2,1H3. The van der Waals surface area contributed by atoms with Crippen LogP contribution in [0.25, 0.3) is 0 Å². The molecule has 0 atom stereocenters. The number of hydrogen-bond donors (Lipinski definition) is 0. The third kappa shape index (κ3) is 2.23. The second-order valence-corrected chi connectivity index (χ2v) is 3.29. The summed E-state index contributed by atoms with van der Waals surface area (Å²) in [4.78, 5) is 22.0. The van der Waals surface area contributed by atoms with Crippen molar-refractivity contribution in [1.82, 2.24) is 0 Å². The van der Waals surface area contributed by atoms with E-state index >= 15 is 0 Å². The van der Waals surface area contributed by atoms with E-state index in [-0.39, 0.29) is 11.7 Å². The van der Waals surface area contributed by atoms with E-state index < -0.39 is 0 Å². The molecule has 0 spiro atoms. The molecular formula is C11H8ClNO2. The number of carbonyl (C=O) groups excluding carboxylic acids is 2. The molecule has 1 aromatic carbocycles. The number of rotatable bonds is 3. The average molecular weight is 222 g/mol. The average Bonchev–Trinajstić information content (AvgIpc) is 2.28. The molecule has 0 fully saturated rings. The molecule has 15 heavy (non-hydrogen) atoms. The minimum atomic E-state index is -0.283. The van der Waals surface area contributed by atoms with Gasteiger partial charge in [0.15, 0.2) is 5.78 Å². The fourth-order valence-electron chi connectivity index (χ4n) is 1.28. The molecule has 3 nitrogen and oxygen atoms in total. The lowest BCUT2D eigenvalue weighted by atomic mass is 9.97. The van der Waals surface area contributed by atoms with Gasteiger partial charge in [0.1, 0.15) is 6.29 Å². The Morgan fingerprint density at radius 3 is 2.73 bits per heavy atom. The van der Waals surface area contributed by atoms with E-state index in [0.29, 0.717) is 28.5 Å². The molecule has 0 radical (unpaired) electrons. The zero-order valence-corrected chi connectivity index (χ0v) is 8.84. The molecule has 0 N–H and O–H groups in total. The maximum atomic E-state index is 11.4. The van der Waals surface area contributed by atoms with Crippen molar-refractivity contribution in [2.24, 2.45) is 0 Å². The lowest BCUT2D eigenvalue weighted by molar-refractivity contribution is 0.102. The van der Waals surface area contributed by atoms with Gasteiger partial charge in [0.25, 0.3) is 0 Å². The van der Waals surface area contributed by atoms with Crippen LogP contribution in [0.2, 0.25) is 0 Å². The van der Waals surface area contributed by atoms with Gasteiger partial charge in [-0.15, -0.1) is 11.6 Å². The topological polar surface area (TPSA) is 57.9 Å². The summed E-state index contributed by atoms with van der Waals surface area (Å²) in [6, 6.07) is 4.84. The van der Waals surface area contributed by atoms with Crippen LogP contribution in [0.5, 0.6) is 0 Å². The summed E-state index contributed by atoms with van der Waals surface area (Å²) in [6.07, 6.45) is 0.602. The van der Waals surface area contributed by atoms with Crippen LogP contribution in [-0.2, 0) is 0 Å². The lowest BCUT2D eigenvalue weighted by Crippen LogP contribution is -2.05. The Bertz CT molecular complexity index is 460. The normalized spacial score (nSPS) is 9.40. The molecule has 0 aliphatic carbocycles. The van der Waals surface area contributed by atoms with E-state index in [9.17, 15) is 9.59 Å². The molecule has 0 saturated carbocycles. The molecule has 0 aliphatic rings. The first-order chi connectivity index (χ1) is 7.13. The molecule has 0 aliphatic heterocycles. The Morgan fingerprint density at radius 2 is 2.27 bits per heavy atom. The number of nitriles is 1. The number of ketones is 1. The number of carbonyl (C=O) groups is 2. The summed E-state index contributed by atoms with van der Waals surface area (Å²) in [7, 11) is 0. The lowest BCUT2D eigenvalue weighted by Gasteiger charge is -2.05. The molecule has 0 bridgehead atoms.